The normalized spacial score (nSPS) is 11.3. The first kappa shape index (κ1) is 19.6. The first-order chi connectivity index (χ1) is 14.6. The van der Waals surface area contributed by atoms with Gasteiger partial charge in [0, 0.05) is 37.3 Å². The Morgan fingerprint density at radius 2 is 1.77 bits per heavy atom. The largest absolute Gasteiger partial charge is 0.440 e. The standard InChI is InChI=1S/C23H20N4O2S/c1-26-15-14-24-23(26)27(18-10-6-3-7-11-18)21-13-12-19(29-21)16-20(22(28)30)25-17-8-4-2-5-9-17/h2-16,25H,1H3,(H,28,30)/b20-16+. The van der Waals surface area contributed by atoms with Crippen LogP contribution in [-0.2, 0) is 11.8 Å². The second-order valence-electron chi connectivity index (χ2n) is 6.54. The fraction of sp³-hybridized carbons (Fsp3) is 0.0435. The molecular formula is C23H20N4O2S. The lowest BCUT2D eigenvalue weighted by Crippen LogP contribution is -2.13. The number of anilines is 4. The number of imidazole rings is 1. The van der Waals surface area contributed by atoms with Crippen molar-refractivity contribution in [1.82, 2.24) is 9.55 Å². The molecule has 6 nitrogen and oxygen atoms in total. The number of para-hydroxylation sites is 2. The first-order valence-corrected chi connectivity index (χ1v) is 9.76. The predicted molar refractivity (Wildman–Crippen MR) is 122 cm³/mol. The van der Waals surface area contributed by atoms with Gasteiger partial charge in [-0.25, -0.2) is 4.98 Å². The number of aryl methyl sites for hydroxylation is 1. The fourth-order valence-electron chi connectivity index (χ4n) is 3.00. The van der Waals surface area contributed by atoms with Crippen molar-refractivity contribution in [2.45, 2.75) is 0 Å². The van der Waals surface area contributed by atoms with E-state index < -0.39 is 0 Å². The molecule has 0 bridgehead atoms. The summed E-state index contributed by atoms with van der Waals surface area (Å²) in [4.78, 5) is 18.4. The zero-order valence-electron chi connectivity index (χ0n) is 16.3. The van der Waals surface area contributed by atoms with Crippen molar-refractivity contribution in [2.75, 3.05) is 10.2 Å². The molecule has 0 unspecified atom stereocenters. The second-order valence-corrected chi connectivity index (χ2v) is 6.95. The molecule has 0 radical (unpaired) electrons. The van der Waals surface area contributed by atoms with Gasteiger partial charge < -0.3 is 14.3 Å². The quantitative estimate of drug-likeness (QED) is 0.312. The number of thiol groups is 1. The molecule has 0 atom stereocenters. The maximum Gasteiger partial charge on any atom is 0.232 e. The molecule has 0 saturated heterocycles. The summed E-state index contributed by atoms with van der Waals surface area (Å²) in [7, 11) is 1.92. The van der Waals surface area contributed by atoms with Gasteiger partial charge in [0.25, 0.3) is 0 Å². The number of hydrogen-bond acceptors (Lipinski definition) is 5. The summed E-state index contributed by atoms with van der Waals surface area (Å²) in [6.45, 7) is 0. The Bertz CT molecular complexity index is 1170. The summed E-state index contributed by atoms with van der Waals surface area (Å²) in [6.07, 6.45) is 5.24. The van der Waals surface area contributed by atoms with Crippen molar-refractivity contribution < 1.29 is 9.21 Å². The van der Waals surface area contributed by atoms with Gasteiger partial charge in [0.1, 0.15) is 5.76 Å². The van der Waals surface area contributed by atoms with Crippen LogP contribution in [0.25, 0.3) is 6.08 Å². The van der Waals surface area contributed by atoms with Crippen molar-refractivity contribution in [3.63, 3.8) is 0 Å². The molecule has 4 rings (SSSR count). The van der Waals surface area contributed by atoms with Gasteiger partial charge in [0.2, 0.25) is 16.9 Å². The molecule has 0 aliphatic carbocycles. The Labute approximate surface area is 179 Å². The van der Waals surface area contributed by atoms with Crippen molar-refractivity contribution in [1.29, 1.82) is 0 Å². The minimum atomic E-state index is -0.388. The molecule has 1 N–H and O–H groups in total. The van der Waals surface area contributed by atoms with E-state index in [1.807, 2.05) is 89.4 Å². The number of furan rings is 1. The van der Waals surface area contributed by atoms with Crippen molar-refractivity contribution in [3.05, 3.63) is 96.6 Å². The Balaban J connectivity index is 1.69. The monoisotopic (exact) mass is 416 g/mol. The van der Waals surface area contributed by atoms with E-state index in [9.17, 15) is 4.79 Å². The van der Waals surface area contributed by atoms with E-state index in [0.717, 1.165) is 11.4 Å². The first-order valence-electron chi connectivity index (χ1n) is 9.31. The highest BCUT2D eigenvalue weighted by Crippen LogP contribution is 2.34. The van der Waals surface area contributed by atoms with Gasteiger partial charge >= 0.3 is 0 Å². The fourth-order valence-corrected chi connectivity index (χ4v) is 3.12. The van der Waals surface area contributed by atoms with Crippen molar-refractivity contribution >= 4 is 47.0 Å². The second kappa shape index (κ2) is 8.75. The third-order valence-corrected chi connectivity index (χ3v) is 4.65. The number of nitrogens with zero attached hydrogens (tertiary/aromatic N) is 3. The van der Waals surface area contributed by atoms with Crippen LogP contribution < -0.4 is 10.2 Å². The Hall–Kier alpha value is -3.71. The number of benzene rings is 2. The molecule has 0 aliphatic rings. The lowest BCUT2D eigenvalue weighted by atomic mass is 10.3. The summed E-state index contributed by atoms with van der Waals surface area (Å²) in [5.41, 5.74) is 2.01. The zero-order valence-corrected chi connectivity index (χ0v) is 17.2. The molecule has 0 fully saturated rings. The molecule has 0 amide bonds. The lowest BCUT2D eigenvalue weighted by Gasteiger charge is -2.21. The highest BCUT2D eigenvalue weighted by molar-refractivity contribution is 7.97. The zero-order chi connectivity index (χ0) is 20.9. The van der Waals surface area contributed by atoms with E-state index in [0.29, 0.717) is 23.3 Å². The van der Waals surface area contributed by atoms with Crippen LogP contribution in [0, 0.1) is 0 Å². The Morgan fingerprint density at radius 1 is 1.07 bits per heavy atom. The average Bonchev–Trinajstić information content (AvgIpc) is 3.39. The van der Waals surface area contributed by atoms with Crippen molar-refractivity contribution in [2.24, 2.45) is 7.05 Å². The molecule has 0 spiro atoms. The topological polar surface area (TPSA) is 63.3 Å². The minimum absolute atomic E-state index is 0.314. The van der Waals surface area contributed by atoms with Crippen LogP contribution >= 0.6 is 12.6 Å². The Morgan fingerprint density at radius 3 is 2.40 bits per heavy atom. The van der Waals surface area contributed by atoms with Gasteiger partial charge in [-0.2, -0.15) is 0 Å². The number of aromatic nitrogens is 2. The number of rotatable bonds is 7. The third kappa shape index (κ3) is 4.31. The summed E-state index contributed by atoms with van der Waals surface area (Å²) in [5.74, 6) is 1.80. The molecule has 0 saturated carbocycles. The van der Waals surface area contributed by atoms with Gasteiger partial charge in [-0.3, -0.25) is 9.69 Å². The molecule has 0 aliphatic heterocycles. The van der Waals surface area contributed by atoms with Gasteiger partial charge in [0.15, 0.2) is 0 Å². The summed E-state index contributed by atoms with van der Waals surface area (Å²) in [6, 6.07) is 22.9. The maximum atomic E-state index is 12.0. The lowest BCUT2D eigenvalue weighted by molar-refractivity contribution is -0.107. The number of carbonyl (C=O) groups excluding carboxylic acids is 1. The van der Waals surface area contributed by atoms with Crippen LogP contribution in [0.2, 0.25) is 0 Å². The number of nitrogens with one attached hydrogen (secondary N) is 1. The number of carbonyl (C=O) groups is 1. The SMILES string of the molecule is Cn1ccnc1N(c1ccccc1)c1ccc(/C=C(/Nc2ccccc2)C(=O)S)o1. The van der Waals surface area contributed by atoms with E-state index in [1.54, 1.807) is 18.3 Å². The van der Waals surface area contributed by atoms with E-state index in [1.165, 1.54) is 0 Å². The molecule has 2 aromatic carbocycles. The van der Waals surface area contributed by atoms with Crippen LogP contribution in [0.1, 0.15) is 5.76 Å². The van der Waals surface area contributed by atoms with Crippen molar-refractivity contribution in [3.8, 4) is 0 Å². The van der Waals surface area contributed by atoms with Gasteiger partial charge in [-0.1, -0.05) is 49.0 Å². The van der Waals surface area contributed by atoms with Crippen LogP contribution in [0.3, 0.4) is 0 Å². The maximum absolute atomic E-state index is 12.0. The van der Waals surface area contributed by atoms with E-state index in [-0.39, 0.29) is 5.12 Å². The van der Waals surface area contributed by atoms with E-state index >= 15 is 0 Å². The van der Waals surface area contributed by atoms with Crippen LogP contribution in [0.4, 0.5) is 23.2 Å². The third-order valence-electron chi connectivity index (χ3n) is 4.41. The van der Waals surface area contributed by atoms with Gasteiger partial charge in [0.05, 0.1) is 11.4 Å². The molecule has 4 aromatic rings. The summed E-state index contributed by atoms with van der Waals surface area (Å²) in [5, 5.41) is 2.69. The predicted octanol–water partition coefficient (Wildman–Crippen LogP) is 5.39. The summed E-state index contributed by atoms with van der Waals surface area (Å²) < 4.78 is 7.97. The van der Waals surface area contributed by atoms with E-state index in [4.69, 9.17) is 4.42 Å². The highest BCUT2D eigenvalue weighted by Gasteiger charge is 2.19. The van der Waals surface area contributed by atoms with Crippen LogP contribution in [-0.4, -0.2) is 14.7 Å². The molecule has 7 heteroatoms. The van der Waals surface area contributed by atoms with E-state index in [2.05, 4.69) is 22.9 Å². The Kier molecular flexibility index (Phi) is 5.72. The number of hydrogen-bond donors (Lipinski definition) is 2. The van der Waals surface area contributed by atoms with Gasteiger partial charge in [-0.05, 0) is 30.3 Å². The molecule has 30 heavy (non-hydrogen) atoms. The molecule has 2 aromatic heterocycles. The molecular weight excluding hydrogens is 396 g/mol. The highest BCUT2D eigenvalue weighted by atomic mass is 32.1. The summed E-state index contributed by atoms with van der Waals surface area (Å²) >= 11 is 3.99. The molecule has 150 valence electrons. The van der Waals surface area contributed by atoms with Crippen LogP contribution in [0.15, 0.2) is 95.3 Å². The molecule has 2 heterocycles. The average molecular weight is 417 g/mol. The van der Waals surface area contributed by atoms with Gasteiger partial charge in [-0.15, -0.1) is 0 Å². The minimum Gasteiger partial charge on any atom is -0.440 e. The van der Waals surface area contributed by atoms with Crippen LogP contribution in [0.5, 0.6) is 0 Å². The smallest absolute Gasteiger partial charge is 0.232 e.